The fourth-order valence-corrected chi connectivity index (χ4v) is 9.15. The van der Waals surface area contributed by atoms with Crippen molar-refractivity contribution in [2.45, 2.75) is 0 Å². The van der Waals surface area contributed by atoms with Crippen molar-refractivity contribution in [1.29, 1.82) is 0 Å². The van der Waals surface area contributed by atoms with E-state index in [1.165, 1.54) is 40.3 Å². The zero-order valence-electron chi connectivity index (χ0n) is 27.3. The molecule has 0 aliphatic heterocycles. The first-order valence-electron chi connectivity index (χ1n) is 16.9. The molecular weight excluding hydrogens is 661 g/mol. The van der Waals surface area contributed by atoms with E-state index in [1.54, 1.807) is 0 Å². The summed E-state index contributed by atoms with van der Waals surface area (Å²) >= 11 is 3.62. The third kappa shape index (κ3) is 5.24. The van der Waals surface area contributed by atoms with E-state index in [2.05, 4.69) is 163 Å². The summed E-state index contributed by atoms with van der Waals surface area (Å²) in [7, 11) is 0. The quantitative estimate of drug-likeness (QED) is 0.174. The van der Waals surface area contributed by atoms with Crippen LogP contribution in [0.2, 0.25) is 0 Å². The Kier molecular flexibility index (Phi) is 7.15. The predicted molar refractivity (Wildman–Crippen MR) is 217 cm³/mol. The predicted octanol–water partition coefficient (Wildman–Crippen LogP) is 13.1. The Hall–Kier alpha value is -6.21. The van der Waals surface area contributed by atoms with E-state index in [1.807, 2.05) is 34.8 Å². The molecule has 0 aliphatic carbocycles. The summed E-state index contributed by atoms with van der Waals surface area (Å²) in [5.41, 5.74) is 6.12. The minimum absolute atomic E-state index is 0.560. The second-order valence-corrected chi connectivity index (χ2v) is 14.6. The fourth-order valence-electron chi connectivity index (χ4n) is 6.94. The largest absolute Gasteiger partial charge is 0.278 e. The number of aromatic nitrogens is 3. The van der Waals surface area contributed by atoms with Gasteiger partial charge in [-0.2, -0.15) is 9.97 Å². The fraction of sp³-hybridized carbons (Fsp3) is 0. The van der Waals surface area contributed by atoms with Crippen LogP contribution in [0.25, 0.3) is 74.2 Å². The van der Waals surface area contributed by atoms with Crippen LogP contribution in [0.15, 0.2) is 170 Å². The van der Waals surface area contributed by atoms with E-state index in [9.17, 15) is 0 Å². The molecule has 0 unspecified atom stereocenters. The molecule has 0 bridgehead atoms. The third-order valence-corrected chi connectivity index (χ3v) is 11.6. The molecule has 51 heavy (non-hydrogen) atoms. The molecule has 0 saturated heterocycles. The van der Waals surface area contributed by atoms with E-state index >= 15 is 0 Å². The number of benzene rings is 7. The lowest BCUT2D eigenvalue weighted by Gasteiger charge is -2.25. The highest BCUT2D eigenvalue weighted by molar-refractivity contribution is 7.26. The summed E-state index contributed by atoms with van der Waals surface area (Å²) in [4.78, 5) is 18.0. The van der Waals surface area contributed by atoms with Gasteiger partial charge in [0.25, 0.3) is 0 Å². The molecule has 0 atom stereocenters. The van der Waals surface area contributed by atoms with Crippen molar-refractivity contribution >= 4 is 80.3 Å². The van der Waals surface area contributed by atoms with Gasteiger partial charge < -0.3 is 0 Å². The highest BCUT2D eigenvalue weighted by atomic mass is 32.1. The molecule has 240 valence electrons. The van der Waals surface area contributed by atoms with Crippen molar-refractivity contribution in [2.24, 2.45) is 0 Å². The molecule has 3 heterocycles. The number of fused-ring (bicyclic) bond motifs is 6. The van der Waals surface area contributed by atoms with Gasteiger partial charge in [-0.1, -0.05) is 109 Å². The van der Waals surface area contributed by atoms with Gasteiger partial charge in [-0.15, -0.1) is 22.7 Å². The van der Waals surface area contributed by atoms with E-state index < -0.39 is 0 Å². The van der Waals surface area contributed by atoms with Crippen LogP contribution in [-0.4, -0.2) is 15.0 Å². The Balaban J connectivity index is 1.24. The molecule has 0 fully saturated rings. The van der Waals surface area contributed by atoms with Gasteiger partial charge in [0.05, 0.1) is 5.69 Å². The maximum atomic E-state index is 5.32. The minimum Gasteiger partial charge on any atom is -0.278 e. The maximum Gasteiger partial charge on any atom is 0.238 e. The topological polar surface area (TPSA) is 41.9 Å². The normalized spacial score (nSPS) is 11.5. The summed E-state index contributed by atoms with van der Waals surface area (Å²) in [5, 5.41) is 4.85. The molecule has 3 aromatic heterocycles. The Labute approximate surface area is 302 Å². The third-order valence-electron chi connectivity index (χ3n) is 9.32. The first kappa shape index (κ1) is 29.7. The molecular formula is C45H28N4S2. The zero-order chi connectivity index (χ0) is 33.7. The van der Waals surface area contributed by atoms with Crippen LogP contribution in [0.4, 0.5) is 17.3 Å². The molecule has 0 amide bonds. The molecule has 7 aromatic carbocycles. The zero-order valence-corrected chi connectivity index (χ0v) is 28.9. The van der Waals surface area contributed by atoms with E-state index in [4.69, 9.17) is 15.0 Å². The Morgan fingerprint density at radius 1 is 0.373 bits per heavy atom. The van der Waals surface area contributed by atoms with Crippen LogP contribution in [0.1, 0.15) is 0 Å². The van der Waals surface area contributed by atoms with Crippen molar-refractivity contribution in [1.82, 2.24) is 15.0 Å². The van der Waals surface area contributed by atoms with Crippen molar-refractivity contribution in [3.05, 3.63) is 170 Å². The monoisotopic (exact) mass is 688 g/mol. The molecule has 0 radical (unpaired) electrons. The van der Waals surface area contributed by atoms with Gasteiger partial charge in [0, 0.05) is 57.2 Å². The lowest BCUT2D eigenvalue weighted by molar-refractivity contribution is 1.03. The second-order valence-electron chi connectivity index (χ2n) is 12.5. The molecule has 0 aliphatic rings. The van der Waals surface area contributed by atoms with Crippen LogP contribution < -0.4 is 4.90 Å². The van der Waals surface area contributed by atoms with E-state index in [0.29, 0.717) is 17.6 Å². The van der Waals surface area contributed by atoms with Crippen LogP contribution >= 0.6 is 22.7 Å². The number of nitrogens with zero attached hydrogens (tertiary/aromatic N) is 4. The number of rotatable bonds is 6. The summed E-state index contributed by atoms with van der Waals surface area (Å²) < 4.78 is 4.98. The summed E-state index contributed by atoms with van der Waals surface area (Å²) in [6, 6.07) is 59.6. The molecule has 0 N–H and O–H groups in total. The molecule has 10 rings (SSSR count). The first-order chi connectivity index (χ1) is 25.3. The van der Waals surface area contributed by atoms with Gasteiger partial charge in [0.2, 0.25) is 5.95 Å². The average Bonchev–Trinajstić information content (AvgIpc) is 3.77. The summed E-state index contributed by atoms with van der Waals surface area (Å²) in [6.07, 6.45) is 0. The Morgan fingerprint density at radius 2 is 0.941 bits per heavy atom. The van der Waals surface area contributed by atoms with Crippen molar-refractivity contribution in [3.8, 4) is 33.9 Å². The molecule has 6 heteroatoms. The lowest BCUT2D eigenvalue weighted by atomic mass is 10.0. The Morgan fingerprint density at radius 3 is 1.75 bits per heavy atom. The number of hydrogen-bond donors (Lipinski definition) is 0. The van der Waals surface area contributed by atoms with E-state index in [0.717, 1.165) is 33.6 Å². The number of anilines is 3. The highest BCUT2D eigenvalue weighted by Crippen LogP contribution is 2.44. The number of hydrogen-bond acceptors (Lipinski definition) is 6. The van der Waals surface area contributed by atoms with Crippen LogP contribution in [0, 0.1) is 0 Å². The van der Waals surface area contributed by atoms with Crippen molar-refractivity contribution < 1.29 is 0 Å². The summed E-state index contributed by atoms with van der Waals surface area (Å²) in [5.74, 6) is 1.80. The van der Waals surface area contributed by atoms with Gasteiger partial charge in [-0.3, -0.25) is 4.90 Å². The lowest BCUT2D eigenvalue weighted by Crippen LogP contribution is -2.15. The van der Waals surface area contributed by atoms with Crippen molar-refractivity contribution in [2.75, 3.05) is 4.90 Å². The van der Waals surface area contributed by atoms with Gasteiger partial charge in [-0.25, -0.2) is 4.98 Å². The van der Waals surface area contributed by atoms with E-state index in [-0.39, 0.29) is 0 Å². The van der Waals surface area contributed by atoms with Gasteiger partial charge in [0.15, 0.2) is 11.6 Å². The van der Waals surface area contributed by atoms with Crippen LogP contribution in [-0.2, 0) is 0 Å². The highest BCUT2D eigenvalue weighted by Gasteiger charge is 2.23. The van der Waals surface area contributed by atoms with Crippen LogP contribution in [0.3, 0.4) is 0 Å². The smallest absolute Gasteiger partial charge is 0.238 e. The standard InChI is InChI=1S/C45H28N4S2/c1-3-13-29(14-4-1)30-15-11-16-31(27-30)43-46-44(32-25-26-40-36(28-32)34-19-7-9-22-38(34)50-40)48-45(47-43)49(33-17-5-2-6-18-33)37-21-12-24-41-42(37)35-20-8-10-23-39(35)51-41/h1-28H. The van der Waals surface area contributed by atoms with Crippen LogP contribution in [0.5, 0.6) is 0 Å². The first-order valence-corrected chi connectivity index (χ1v) is 18.5. The molecule has 4 nitrogen and oxygen atoms in total. The Bertz CT molecular complexity index is 2880. The van der Waals surface area contributed by atoms with Gasteiger partial charge in [-0.05, 0) is 71.8 Å². The average molecular weight is 689 g/mol. The number of thiophene rings is 2. The SMILES string of the molecule is c1ccc(-c2cccc(-c3nc(-c4ccc5sc6ccccc6c5c4)nc(N(c4ccccc4)c4cccc5sc6ccccc6c45)n3)c2)cc1. The van der Waals surface area contributed by atoms with Gasteiger partial charge in [0.1, 0.15) is 0 Å². The maximum absolute atomic E-state index is 5.32. The minimum atomic E-state index is 0.560. The van der Waals surface area contributed by atoms with Gasteiger partial charge >= 0.3 is 0 Å². The van der Waals surface area contributed by atoms with Crippen molar-refractivity contribution in [3.63, 3.8) is 0 Å². The number of para-hydroxylation sites is 1. The molecule has 10 aromatic rings. The molecule has 0 spiro atoms. The second kappa shape index (κ2) is 12.3. The molecule has 0 saturated carbocycles. The summed E-state index contributed by atoms with van der Waals surface area (Å²) in [6.45, 7) is 0.